The normalized spacial score (nSPS) is 17.6. The second-order valence-electron chi connectivity index (χ2n) is 10.4. The van der Waals surface area contributed by atoms with E-state index in [4.69, 9.17) is 19.6 Å². The van der Waals surface area contributed by atoms with Crippen molar-refractivity contribution in [3.05, 3.63) is 141 Å². The van der Waals surface area contributed by atoms with Crippen LogP contribution in [0.3, 0.4) is 0 Å². The molecule has 1 amide bonds. The SMILES string of the molecule is O=C(NNCc1ccc(F)c(F)c1)[C@@]1(C/C=C/c2ccccc2)N=C(c2ccc(OCCCO)cc2)O[C@H]1c1ccccc1Br. The number of hydrogen-bond donors (Lipinski definition) is 3. The predicted molar refractivity (Wildman–Crippen MR) is 172 cm³/mol. The monoisotopic (exact) mass is 675 g/mol. The summed E-state index contributed by atoms with van der Waals surface area (Å²) in [7, 11) is 0. The van der Waals surface area contributed by atoms with E-state index < -0.39 is 29.2 Å². The molecule has 0 spiro atoms. The smallest absolute Gasteiger partial charge is 0.266 e. The van der Waals surface area contributed by atoms with Crippen molar-refractivity contribution < 1.29 is 28.2 Å². The van der Waals surface area contributed by atoms with Crippen LogP contribution in [0.2, 0.25) is 0 Å². The Bertz CT molecular complexity index is 1670. The second-order valence-corrected chi connectivity index (χ2v) is 11.2. The van der Waals surface area contributed by atoms with E-state index in [1.807, 2.05) is 66.7 Å². The highest BCUT2D eigenvalue weighted by atomic mass is 79.9. The van der Waals surface area contributed by atoms with Gasteiger partial charge in [0.15, 0.2) is 23.3 Å². The van der Waals surface area contributed by atoms with Crippen molar-refractivity contribution in [1.29, 1.82) is 0 Å². The van der Waals surface area contributed by atoms with Crippen LogP contribution in [0.1, 0.15) is 41.2 Å². The van der Waals surface area contributed by atoms with Crippen LogP contribution in [0.25, 0.3) is 6.08 Å². The standard InChI is InChI=1S/C35H32BrF2N3O4/c36-29-12-5-4-11-28(29)32-35(19-6-10-24-8-2-1-3-9-24,34(43)41-39-23-25-13-18-30(37)31(38)22-25)40-33(45-32)26-14-16-27(17-15-26)44-21-7-20-42/h1-6,8-18,22,32,39,42H,7,19-21,23H2,(H,41,43)/b10-6+/t32-,35-/m0/s1. The van der Waals surface area contributed by atoms with Crippen molar-refractivity contribution in [2.45, 2.75) is 31.0 Å². The van der Waals surface area contributed by atoms with Crippen LogP contribution in [0.4, 0.5) is 8.78 Å². The Kier molecular flexibility index (Phi) is 10.7. The number of aliphatic imine (C=N–C) groups is 1. The van der Waals surface area contributed by atoms with Crippen molar-refractivity contribution in [2.75, 3.05) is 13.2 Å². The number of carbonyl (C=O) groups excluding carboxylic acids is 1. The quantitative estimate of drug-likeness (QED) is 0.109. The molecule has 0 unspecified atom stereocenters. The number of amides is 1. The topological polar surface area (TPSA) is 92.2 Å². The van der Waals surface area contributed by atoms with Crippen LogP contribution < -0.4 is 15.6 Å². The van der Waals surface area contributed by atoms with E-state index in [9.17, 15) is 13.6 Å². The van der Waals surface area contributed by atoms with Gasteiger partial charge < -0.3 is 14.6 Å². The lowest BCUT2D eigenvalue weighted by Crippen LogP contribution is -2.52. The summed E-state index contributed by atoms with van der Waals surface area (Å²) >= 11 is 3.63. The van der Waals surface area contributed by atoms with Gasteiger partial charge in [0.05, 0.1) is 6.61 Å². The van der Waals surface area contributed by atoms with Crippen molar-refractivity contribution in [2.24, 2.45) is 4.99 Å². The number of hydrazine groups is 1. The molecule has 0 bridgehead atoms. The molecule has 0 saturated heterocycles. The van der Waals surface area contributed by atoms with Gasteiger partial charge in [-0.25, -0.2) is 19.2 Å². The third-order valence-electron chi connectivity index (χ3n) is 7.23. The van der Waals surface area contributed by atoms with Crippen LogP contribution in [0, 0.1) is 11.6 Å². The average Bonchev–Trinajstić information content (AvgIpc) is 3.44. The summed E-state index contributed by atoms with van der Waals surface area (Å²) in [6.07, 6.45) is 3.69. The van der Waals surface area contributed by atoms with E-state index in [-0.39, 0.29) is 25.5 Å². The first-order valence-corrected chi connectivity index (χ1v) is 15.2. The zero-order chi connectivity index (χ0) is 31.6. The molecule has 4 aromatic rings. The van der Waals surface area contributed by atoms with Crippen LogP contribution in [-0.4, -0.2) is 35.7 Å². The summed E-state index contributed by atoms with van der Waals surface area (Å²) in [6, 6.07) is 27.9. The number of rotatable bonds is 13. The maximum Gasteiger partial charge on any atom is 0.266 e. The number of aliphatic hydroxyl groups is 1. The Morgan fingerprint density at radius 3 is 2.49 bits per heavy atom. The third kappa shape index (κ3) is 7.83. The Balaban J connectivity index is 1.49. The molecule has 3 N–H and O–H groups in total. The van der Waals surface area contributed by atoms with E-state index in [1.165, 1.54) is 6.07 Å². The molecule has 4 aromatic carbocycles. The molecular weight excluding hydrogens is 644 g/mol. The molecule has 2 atom stereocenters. The van der Waals surface area contributed by atoms with Crippen molar-refractivity contribution in [1.82, 2.24) is 10.9 Å². The number of carbonyl (C=O) groups is 1. The van der Waals surface area contributed by atoms with Gasteiger partial charge in [-0.15, -0.1) is 0 Å². The van der Waals surface area contributed by atoms with Crippen LogP contribution in [-0.2, 0) is 16.1 Å². The first-order chi connectivity index (χ1) is 21.9. The number of hydrogen-bond acceptors (Lipinski definition) is 6. The van der Waals surface area contributed by atoms with Gasteiger partial charge in [-0.1, -0.05) is 82.7 Å². The maximum atomic E-state index is 14.2. The Morgan fingerprint density at radius 1 is 1.00 bits per heavy atom. The Labute approximate surface area is 268 Å². The van der Waals surface area contributed by atoms with Gasteiger partial charge in [0.1, 0.15) is 5.75 Å². The van der Waals surface area contributed by atoms with Crippen LogP contribution in [0.15, 0.2) is 113 Å². The lowest BCUT2D eigenvalue weighted by atomic mass is 9.84. The van der Waals surface area contributed by atoms with Crippen LogP contribution >= 0.6 is 15.9 Å². The Morgan fingerprint density at radius 2 is 1.76 bits per heavy atom. The summed E-state index contributed by atoms with van der Waals surface area (Å²) in [6.45, 7) is 0.470. The minimum Gasteiger partial charge on any atom is -0.494 e. The molecule has 7 nitrogen and oxygen atoms in total. The maximum absolute atomic E-state index is 14.2. The molecule has 0 aliphatic carbocycles. The van der Waals surface area contributed by atoms with Gasteiger partial charge in [-0.05, 0) is 53.6 Å². The molecule has 1 aliphatic rings. The summed E-state index contributed by atoms with van der Waals surface area (Å²) in [5.41, 5.74) is 6.92. The highest BCUT2D eigenvalue weighted by molar-refractivity contribution is 9.10. The first-order valence-electron chi connectivity index (χ1n) is 14.4. The fourth-order valence-electron chi connectivity index (χ4n) is 4.90. The number of aliphatic hydroxyl groups excluding tert-OH is 1. The van der Waals surface area contributed by atoms with E-state index >= 15 is 0 Å². The molecule has 0 fully saturated rings. The number of ether oxygens (including phenoxy) is 2. The highest BCUT2D eigenvalue weighted by Gasteiger charge is 2.53. The zero-order valence-electron chi connectivity index (χ0n) is 24.3. The van der Waals surface area contributed by atoms with Gasteiger partial charge in [0, 0.05) is 41.6 Å². The molecular formula is C35H32BrF2N3O4. The van der Waals surface area contributed by atoms with E-state index in [0.717, 1.165) is 27.7 Å². The van der Waals surface area contributed by atoms with Crippen molar-refractivity contribution in [3.8, 4) is 5.75 Å². The van der Waals surface area contributed by atoms with E-state index in [2.05, 4.69) is 26.8 Å². The number of halogens is 3. The van der Waals surface area contributed by atoms with Gasteiger partial charge in [0.25, 0.3) is 5.91 Å². The molecule has 5 rings (SSSR count). The van der Waals surface area contributed by atoms with Crippen molar-refractivity contribution in [3.63, 3.8) is 0 Å². The summed E-state index contributed by atoms with van der Waals surface area (Å²) in [4.78, 5) is 19.2. The molecule has 45 heavy (non-hydrogen) atoms. The number of benzene rings is 4. The molecule has 0 saturated carbocycles. The lowest BCUT2D eigenvalue weighted by molar-refractivity contribution is -0.129. The fraction of sp³-hybridized carbons (Fsp3) is 0.200. The van der Waals surface area contributed by atoms with Gasteiger partial charge >= 0.3 is 0 Å². The molecule has 232 valence electrons. The Hall–Kier alpha value is -4.38. The van der Waals surface area contributed by atoms with E-state index in [1.54, 1.807) is 24.3 Å². The second kappa shape index (κ2) is 15.1. The van der Waals surface area contributed by atoms with Crippen LogP contribution in [0.5, 0.6) is 5.75 Å². The predicted octanol–water partition coefficient (Wildman–Crippen LogP) is 6.67. The minimum atomic E-state index is -1.46. The summed E-state index contributed by atoms with van der Waals surface area (Å²) in [5.74, 6) is -1.48. The number of nitrogens with one attached hydrogen (secondary N) is 2. The zero-order valence-corrected chi connectivity index (χ0v) is 25.8. The molecule has 0 radical (unpaired) electrons. The first kappa shape index (κ1) is 32.0. The summed E-state index contributed by atoms with van der Waals surface area (Å²) in [5, 5.41) is 9.04. The minimum absolute atomic E-state index is 0.0394. The molecule has 10 heteroatoms. The highest BCUT2D eigenvalue weighted by Crippen LogP contribution is 2.45. The molecule has 1 aliphatic heterocycles. The molecule has 1 heterocycles. The average molecular weight is 677 g/mol. The third-order valence-corrected chi connectivity index (χ3v) is 7.96. The van der Waals surface area contributed by atoms with E-state index in [0.29, 0.717) is 29.9 Å². The van der Waals surface area contributed by atoms with Gasteiger partial charge in [-0.2, -0.15) is 0 Å². The summed E-state index contributed by atoms with van der Waals surface area (Å²) < 4.78 is 40.1. The number of nitrogens with zero attached hydrogens (tertiary/aromatic N) is 1. The van der Waals surface area contributed by atoms with Gasteiger partial charge in [0.2, 0.25) is 5.90 Å². The van der Waals surface area contributed by atoms with Gasteiger partial charge in [-0.3, -0.25) is 10.2 Å². The molecule has 0 aromatic heterocycles. The largest absolute Gasteiger partial charge is 0.494 e. The van der Waals surface area contributed by atoms with Crippen molar-refractivity contribution >= 4 is 33.8 Å². The lowest BCUT2D eigenvalue weighted by Gasteiger charge is -2.30. The fourth-order valence-corrected chi connectivity index (χ4v) is 5.40.